The number of carbonyl (C=O) groups excluding carboxylic acids is 2. The Kier molecular flexibility index (Phi) is 5.23. The van der Waals surface area contributed by atoms with Crippen LogP contribution in [0.3, 0.4) is 0 Å². The van der Waals surface area contributed by atoms with Gasteiger partial charge in [0.05, 0.1) is 12.4 Å². The van der Waals surface area contributed by atoms with Crippen molar-refractivity contribution in [3.05, 3.63) is 35.4 Å². The van der Waals surface area contributed by atoms with Gasteiger partial charge in [-0.25, -0.2) is 13.2 Å². The molecule has 5 nitrogen and oxygen atoms in total. The lowest BCUT2D eigenvalue weighted by molar-refractivity contribution is -0.137. The van der Waals surface area contributed by atoms with Crippen molar-refractivity contribution in [1.29, 1.82) is 0 Å². The van der Waals surface area contributed by atoms with E-state index in [1.165, 1.54) is 18.4 Å². The Balaban J connectivity index is 2.71. The average molecular weight is 284 g/mol. The van der Waals surface area contributed by atoms with Gasteiger partial charge in [0.1, 0.15) is 9.84 Å². The smallest absolute Gasteiger partial charge is 0.379 e. The molecule has 0 saturated carbocycles. The molecule has 0 saturated heterocycles. The maximum atomic E-state index is 11.6. The van der Waals surface area contributed by atoms with Gasteiger partial charge in [-0.1, -0.05) is 24.3 Å². The number of carbonyl (C=O) groups is 2. The third-order valence-corrected chi connectivity index (χ3v) is 3.38. The summed E-state index contributed by atoms with van der Waals surface area (Å²) in [5.74, 6) is -1.53. The van der Waals surface area contributed by atoms with Crippen LogP contribution in [0.1, 0.15) is 22.8 Å². The van der Waals surface area contributed by atoms with Crippen LogP contribution < -0.4 is 0 Å². The minimum atomic E-state index is -3.01. The van der Waals surface area contributed by atoms with Crippen LogP contribution in [0.25, 0.3) is 0 Å². The van der Waals surface area contributed by atoms with Crippen molar-refractivity contribution in [3.8, 4) is 0 Å². The van der Waals surface area contributed by atoms with Crippen molar-refractivity contribution in [2.24, 2.45) is 0 Å². The molecule has 1 rings (SSSR count). The summed E-state index contributed by atoms with van der Waals surface area (Å²) in [6.45, 7) is 1.77. The zero-order valence-corrected chi connectivity index (χ0v) is 11.7. The topological polar surface area (TPSA) is 77.5 Å². The summed E-state index contributed by atoms with van der Waals surface area (Å²) in [7, 11) is -3.01. The van der Waals surface area contributed by atoms with Crippen molar-refractivity contribution in [3.63, 3.8) is 0 Å². The zero-order valence-electron chi connectivity index (χ0n) is 10.9. The molecule has 0 bridgehead atoms. The molecule has 104 valence electrons. The lowest BCUT2D eigenvalue weighted by Gasteiger charge is -2.03. The summed E-state index contributed by atoms with van der Waals surface area (Å²) in [5, 5.41) is 0. The predicted molar refractivity (Wildman–Crippen MR) is 70.8 cm³/mol. The highest BCUT2D eigenvalue weighted by molar-refractivity contribution is 7.90. The molecule has 0 aliphatic rings. The van der Waals surface area contributed by atoms with Crippen molar-refractivity contribution in [1.82, 2.24) is 0 Å². The largest absolute Gasteiger partial charge is 0.460 e. The summed E-state index contributed by atoms with van der Waals surface area (Å²) in [5.41, 5.74) is 1.03. The summed E-state index contributed by atoms with van der Waals surface area (Å²) >= 11 is 0. The predicted octanol–water partition coefficient (Wildman–Crippen LogP) is 1.02. The second kappa shape index (κ2) is 6.47. The fourth-order valence-electron chi connectivity index (χ4n) is 1.44. The van der Waals surface area contributed by atoms with E-state index in [1.807, 2.05) is 0 Å². The molecule has 0 radical (unpaired) electrons. The molecule has 0 aliphatic carbocycles. The van der Waals surface area contributed by atoms with Gasteiger partial charge in [0, 0.05) is 11.8 Å². The van der Waals surface area contributed by atoms with Gasteiger partial charge in [0.25, 0.3) is 5.78 Å². The minimum Gasteiger partial charge on any atom is -0.460 e. The highest BCUT2D eigenvalue weighted by Crippen LogP contribution is 2.08. The van der Waals surface area contributed by atoms with E-state index in [0.29, 0.717) is 6.42 Å². The first-order valence-corrected chi connectivity index (χ1v) is 7.87. The number of rotatable bonds is 6. The van der Waals surface area contributed by atoms with Crippen LogP contribution in [0.4, 0.5) is 0 Å². The quantitative estimate of drug-likeness (QED) is 0.443. The fourth-order valence-corrected chi connectivity index (χ4v) is 2.05. The van der Waals surface area contributed by atoms with Crippen LogP contribution in [-0.2, 0) is 25.8 Å². The molecule has 6 heteroatoms. The van der Waals surface area contributed by atoms with Crippen molar-refractivity contribution in [2.75, 3.05) is 18.6 Å². The number of Topliss-reactive ketones (excluding diaryl/α,β-unsaturated/α-hetero) is 1. The Morgan fingerprint density at radius 3 is 2.21 bits per heavy atom. The highest BCUT2D eigenvalue weighted by atomic mass is 32.2. The maximum absolute atomic E-state index is 11.6. The Morgan fingerprint density at radius 1 is 1.16 bits per heavy atom. The Bertz CT molecular complexity index is 557. The van der Waals surface area contributed by atoms with Gasteiger partial charge in [0.2, 0.25) is 0 Å². The number of benzene rings is 1. The van der Waals surface area contributed by atoms with Crippen LogP contribution in [0.5, 0.6) is 0 Å². The van der Waals surface area contributed by atoms with E-state index in [2.05, 4.69) is 4.74 Å². The average Bonchev–Trinajstić information content (AvgIpc) is 2.35. The molecule has 0 spiro atoms. The first kappa shape index (κ1) is 15.4. The third kappa shape index (κ3) is 5.21. The number of hydrogen-bond donors (Lipinski definition) is 0. The van der Waals surface area contributed by atoms with Crippen LogP contribution >= 0.6 is 0 Å². The van der Waals surface area contributed by atoms with E-state index in [4.69, 9.17) is 0 Å². The fraction of sp³-hybridized carbons (Fsp3) is 0.385. The number of esters is 1. The number of ether oxygens (including phenoxy) is 1. The molecule has 19 heavy (non-hydrogen) atoms. The molecule has 1 aromatic rings. The van der Waals surface area contributed by atoms with Gasteiger partial charge < -0.3 is 4.74 Å². The number of aryl methyl sites for hydroxylation is 1. The van der Waals surface area contributed by atoms with E-state index in [1.54, 1.807) is 19.1 Å². The van der Waals surface area contributed by atoms with Gasteiger partial charge in [-0.3, -0.25) is 4.79 Å². The molecule has 0 aromatic heterocycles. The van der Waals surface area contributed by atoms with Crippen molar-refractivity contribution < 1.29 is 22.7 Å². The molecule has 0 aliphatic heterocycles. The number of sulfone groups is 1. The second-order valence-electron chi connectivity index (χ2n) is 4.13. The van der Waals surface area contributed by atoms with E-state index in [0.717, 1.165) is 5.56 Å². The normalized spacial score (nSPS) is 11.1. The highest BCUT2D eigenvalue weighted by Gasteiger charge is 2.17. The molecular weight excluding hydrogens is 268 g/mol. The summed E-state index contributed by atoms with van der Waals surface area (Å²) in [6, 6.07) is 6.27. The number of ketones is 1. The molecule has 0 unspecified atom stereocenters. The van der Waals surface area contributed by atoms with Gasteiger partial charge >= 0.3 is 5.97 Å². The molecule has 0 atom stereocenters. The lowest BCUT2D eigenvalue weighted by atomic mass is 10.1. The minimum absolute atomic E-state index is 0.0537. The van der Waals surface area contributed by atoms with E-state index >= 15 is 0 Å². The molecule has 0 N–H and O–H groups in total. The van der Waals surface area contributed by atoms with Gasteiger partial charge in [-0.05, 0) is 18.9 Å². The summed E-state index contributed by atoms with van der Waals surface area (Å²) < 4.78 is 26.7. The van der Waals surface area contributed by atoms with Crippen LogP contribution in [0.2, 0.25) is 0 Å². The van der Waals surface area contributed by atoms with E-state index in [-0.39, 0.29) is 17.9 Å². The molecular formula is C13H16O5S. The van der Waals surface area contributed by atoms with Crippen LogP contribution in [0, 0.1) is 0 Å². The standard InChI is InChI=1S/C13H16O5S/c1-3-18-13(15)12(14)11-6-4-10(5-7-11)8-9-19(2,16)17/h4-7H,3,8-9H2,1-2H3. The first-order chi connectivity index (χ1) is 8.83. The van der Waals surface area contributed by atoms with Gasteiger partial charge in [-0.15, -0.1) is 0 Å². The SMILES string of the molecule is CCOC(=O)C(=O)c1ccc(CCS(C)(=O)=O)cc1. The van der Waals surface area contributed by atoms with Crippen LogP contribution in [0.15, 0.2) is 24.3 Å². The summed E-state index contributed by atoms with van der Waals surface area (Å²) in [6.07, 6.45) is 1.55. The lowest BCUT2D eigenvalue weighted by Crippen LogP contribution is -2.17. The maximum Gasteiger partial charge on any atom is 0.379 e. The Labute approximate surface area is 112 Å². The van der Waals surface area contributed by atoms with Crippen LogP contribution in [-0.4, -0.2) is 38.8 Å². The molecule has 0 fully saturated rings. The molecule has 1 aromatic carbocycles. The monoisotopic (exact) mass is 284 g/mol. The van der Waals surface area contributed by atoms with Crippen molar-refractivity contribution >= 4 is 21.6 Å². The summed E-state index contributed by atoms with van der Waals surface area (Å²) in [4.78, 5) is 22.8. The third-order valence-electron chi connectivity index (χ3n) is 2.44. The van der Waals surface area contributed by atoms with Gasteiger partial charge in [-0.2, -0.15) is 0 Å². The van der Waals surface area contributed by atoms with Gasteiger partial charge in [0.15, 0.2) is 0 Å². The van der Waals surface area contributed by atoms with E-state index < -0.39 is 21.6 Å². The first-order valence-electron chi connectivity index (χ1n) is 5.81. The van der Waals surface area contributed by atoms with Crippen molar-refractivity contribution in [2.45, 2.75) is 13.3 Å². The molecule has 0 amide bonds. The Hall–Kier alpha value is -1.69. The Morgan fingerprint density at radius 2 is 1.74 bits per heavy atom. The zero-order chi connectivity index (χ0) is 14.5. The molecule has 0 heterocycles. The second-order valence-corrected chi connectivity index (χ2v) is 6.39. The number of hydrogen-bond acceptors (Lipinski definition) is 5. The van der Waals surface area contributed by atoms with E-state index in [9.17, 15) is 18.0 Å².